The predicted octanol–water partition coefficient (Wildman–Crippen LogP) is 4.94. The summed E-state index contributed by atoms with van der Waals surface area (Å²) < 4.78 is 53.8. The zero-order chi connectivity index (χ0) is 19.8. The van der Waals surface area contributed by atoms with Crippen molar-refractivity contribution in [2.75, 3.05) is 0 Å². The molecule has 0 aliphatic carbocycles. The number of rotatable bonds is 3. The van der Waals surface area contributed by atoms with Crippen LogP contribution in [0.25, 0.3) is 11.3 Å². The Bertz CT molecular complexity index is 1060. The molecular formula is C17H10Cl2F4N4. The highest BCUT2D eigenvalue weighted by Crippen LogP contribution is 2.33. The first-order valence-corrected chi connectivity index (χ1v) is 8.22. The predicted molar refractivity (Wildman–Crippen MR) is 91.8 cm³/mol. The summed E-state index contributed by atoms with van der Waals surface area (Å²) in [5.74, 6) is -1.41. The van der Waals surface area contributed by atoms with Crippen LogP contribution in [0.4, 0.5) is 17.6 Å². The molecule has 0 aliphatic heterocycles. The van der Waals surface area contributed by atoms with Crippen LogP contribution in [-0.2, 0) is 12.7 Å². The lowest BCUT2D eigenvalue weighted by molar-refractivity contribution is -0.140. The molecule has 0 spiro atoms. The van der Waals surface area contributed by atoms with Crippen molar-refractivity contribution in [2.45, 2.75) is 12.7 Å². The van der Waals surface area contributed by atoms with E-state index in [0.29, 0.717) is 11.6 Å². The van der Waals surface area contributed by atoms with Crippen LogP contribution in [0.2, 0.25) is 10.0 Å². The first-order chi connectivity index (χ1) is 12.7. The van der Waals surface area contributed by atoms with Crippen molar-refractivity contribution in [3.63, 3.8) is 0 Å². The van der Waals surface area contributed by atoms with E-state index < -0.39 is 24.1 Å². The molecule has 10 heteroatoms. The highest BCUT2D eigenvalue weighted by Gasteiger charge is 2.34. The van der Waals surface area contributed by atoms with Crippen LogP contribution in [0.15, 0.2) is 42.6 Å². The van der Waals surface area contributed by atoms with Gasteiger partial charge in [-0.3, -0.25) is 5.41 Å². The maximum atomic E-state index is 14.2. The third-order valence-corrected chi connectivity index (χ3v) is 4.53. The number of benzene rings is 2. The van der Waals surface area contributed by atoms with E-state index in [1.54, 1.807) is 18.2 Å². The largest absolute Gasteiger partial charge is 0.419 e. The van der Waals surface area contributed by atoms with Gasteiger partial charge in [-0.05, 0) is 12.1 Å². The van der Waals surface area contributed by atoms with Gasteiger partial charge >= 0.3 is 6.18 Å². The topological polar surface area (TPSA) is 54.6 Å². The number of alkyl halides is 3. The van der Waals surface area contributed by atoms with Gasteiger partial charge in [0, 0.05) is 11.1 Å². The molecule has 1 N–H and O–H groups in total. The quantitative estimate of drug-likeness (QED) is 0.614. The number of hydrogen-bond donors (Lipinski definition) is 1. The van der Waals surface area contributed by atoms with Crippen molar-refractivity contribution < 1.29 is 17.6 Å². The highest BCUT2D eigenvalue weighted by atomic mass is 35.5. The fourth-order valence-corrected chi connectivity index (χ4v) is 2.81. The van der Waals surface area contributed by atoms with Crippen molar-refractivity contribution in [2.24, 2.45) is 0 Å². The summed E-state index contributed by atoms with van der Waals surface area (Å²) in [6, 6.07) is 7.77. The number of nitrogens with zero attached hydrogens (tertiary/aromatic N) is 3. The molecule has 140 valence electrons. The molecule has 1 heterocycles. The van der Waals surface area contributed by atoms with Gasteiger partial charge in [0.2, 0.25) is 5.62 Å². The Balaban J connectivity index is 2.05. The Morgan fingerprint density at radius 3 is 2.48 bits per heavy atom. The van der Waals surface area contributed by atoms with Gasteiger partial charge in [-0.25, -0.2) is 14.1 Å². The van der Waals surface area contributed by atoms with Crippen LogP contribution >= 0.6 is 23.2 Å². The summed E-state index contributed by atoms with van der Waals surface area (Å²) in [6.07, 6.45) is -3.55. The van der Waals surface area contributed by atoms with Crippen LogP contribution in [0.5, 0.6) is 0 Å². The Morgan fingerprint density at radius 2 is 1.78 bits per heavy atom. The molecule has 0 atom stereocenters. The average molecular weight is 417 g/mol. The van der Waals surface area contributed by atoms with Gasteiger partial charge in [-0.2, -0.15) is 18.3 Å². The van der Waals surface area contributed by atoms with Gasteiger partial charge in [0.05, 0.1) is 28.4 Å². The van der Waals surface area contributed by atoms with Crippen LogP contribution in [-0.4, -0.2) is 14.8 Å². The van der Waals surface area contributed by atoms with E-state index in [-0.39, 0.29) is 26.9 Å². The molecule has 0 unspecified atom stereocenters. The summed E-state index contributed by atoms with van der Waals surface area (Å²) in [5.41, 5.74) is -1.34. The molecule has 27 heavy (non-hydrogen) atoms. The second-order valence-electron chi connectivity index (χ2n) is 5.50. The van der Waals surface area contributed by atoms with Gasteiger partial charge < -0.3 is 0 Å². The van der Waals surface area contributed by atoms with E-state index in [9.17, 15) is 17.6 Å². The minimum Gasteiger partial charge on any atom is -0.266 e. The Hall–Kier alpha value is -2.45. The van der Waals surface area contributed by atoms with Gasteiger partial charge in [-0.15, -0.1) is 0 Å². The lowest BCUT2D eigenvalue weighted by Gasteiger charge is -2.13. The fourth-order valence-electron chi connectivity index (χ4n) is 2.41. The SMILES string of the molecule is N=c1ncc(-c2cccc(Cl)c2Cl)nn1Cc1cccc(C(F)(F)F)c1F. The second kappa shape index (κ2) is 7.28. The summed E-state index contributed by atoms with van der Waals surface area (Å²) in [4.78, 5) is 3.84. The third kappa shape index (κ3) is 3.96. The monoisotopic (exact) mass is 416 g/mol. The molecule has 0 saturated heterocycles. The van der Waals surface area contributed by atoms with Gasteiger partial charge in [0.15, 0.2) is 0 Å². The summed E-state index contributed by atoms with van der Waals surface area (Å²) in [7, 11) is 0. The van der Waals surface area contributed by atoms with E-state index in [2.05, 4.69) is 10.1 Å². The molecule has 0 amide bonds. The normalized spacial score (nSPS) is 11.6. The Kier molecular flexibility index (Phi) is 5.21. The molecule has 1 aromatic heterocycles. The molecule has 0 aliphatic rings. The first-order valence-electron chi connectivity index (χ1n) is 7.46. The highest BCUT2D eigenvalue weighted by molar-refractivity contribution is 6.43. The molecule has 3 rings (SSSR count). The van der Waals surface area contributed by atoms with E-state index >= 15 is 0 Å². The zero-order valence-electron chi connectivity index (χ0n) is 13.4. The minimum absolute atomic E-state index is 0.211. The third-order valence-electron chi connectivity index (χ3n) is 3.71. The summed E-state index contributed by atoms with van der Waals surface area (Å²) in [6.45, 7) is -0.409. The van der Waals surface area contributed by atoms with E-state index in [1.807, 2.05) is 0 Å². The zero-order valence-corrected chi connectivity index (χ0v) is 14.9. The number of aromatic nitrogens is 3. The fraction of sp³-hybridized carbons (Fsp3) is 0.118. The Morgan fingerprint density at radius 1 is 1.07 bits per heavy atom. The van der Waals surface area contributed by atoms with E-state index in [0.717, 1.165) is 10.7 Å². The lowest BCUT2D eigenvalue weighted by atomic mass is 10.1. The maximum Gasteiger partial charge on any atom is 0.419 e. The van der Waals surface area contributed by atoms with E-state index in [4.69, 9.17) is 28.6 Å². The number of halogens is 6. The Labute approximate surface area is 160 Å². The molecular weight excluding hydrogens is 407 g/mol. The lowest BCUT2D eigenvalue weighted by Crippen LogP contribution is -2.27. The van der Waals surface area contributed by atoms with E-state index in [1.165, 1.54) is 12.3 Å². The van der Waals surface area contributed by atoms with Crippen LogP contribution in [0.1, 0.15) is 11.1 Å². The number of nitrogens with one attached hydrogen (secondary N) is 1. The van der Waals surface area contributed by atoms with Crippen molar-refractivity contribution >= 4 is 23.2 Å². The van der Waals surface area contributed by atoms with Crippen LogP contribution in [0.3, 0.4) is 0 Å². The molecule has 0 radical (unpaired) electrons. The van der Waals surface area contributed by atoms with Crippen LogP contribution < -0.4 is 5.62 Å². The minimum atomic E-state index is -4.82. The van der Waals surface area contributed by atoms with Crippen molar-refractivity contribution in [3.05, 3.63) is 75.2 Å². The second-order valence-corrected chi connectivity index (χ2v) is 6.29. The average Bonchev–Trinajstić information content (AvgIpc) is 2.60. The van der Waals surface area contributed by atoms with Crippen LogP contribution in [0, 0.1) is 11.2 Å². The smallest absolute Gasteiger partial charge is 0.266 e. The maximum absolute atomic E-state index is 14.2. The molecule has 3 aromatic rings. The molecule has 0 fully saturated rings. The van der Waals surface area contributed by atoms with Crippen molar-refractivity contribution in [1.82, 2.24) is 14.8 Å². The standard InChI is InChI=1S/C17H10Cl2F4N4/c18-12-6-2-4-10(14(12)19)13-7-25-16(24)27(26-13)8-9-3-1-5-11(15(9)20)17(21,22)23/h1-7,24H,8H2. The van der Waals surface area contributed by atoms with Crippen molar-refractivity contribution in [3.8, 4) is 11.3 Å². The molecule has 0 bridgehead atoms. The summed E-state index contributed by atoms with van der Waals surface area (Å²) >= 11 is 12.1. The molecule has 2 aromatic carbocycles. The van der Waals surface area contributed by atoms with Crippen molar-refractivity contribution in [1.29, 1.82) is 5.41 Å². The van der Waals surface area contributed by atoms with Gasteiger partial charge in [0.25, 0.3) is 0 Å². The number of hydrogen-bond acceptors (Lipinski definition) is 3. The molecule has 0 saturated carbocycles. The van der Waals surface area contributed by atoms with Gasteiger partial charge in [-0.1, -0.05) is 47.5 Å². The summed E-state index contributed by atoms with van der Waals surface area (Å²) in [5, 5.41) is 12.4. The van der Waals surface area contributed by atoms with Gasteiger partial charge in [0.1, 0.15) is 11.5 Å². The molecule has 4 nitrogen and oxygen atoms in total. The first kappa shape index (κ1) is 19.3.